The molecule has 15 heavy (non-hydrogen) atoms. The minimum Gasteiger partial charge on any atom is -0.497 e. The highest BCUT2D eigenvalue weighted by Gasteiger charge is 2.13. The van der Waals surface area contributed by atoms with Gasteiger partial charge in [-0.25, -0.2) is 8.78 Å². The number of ether oxygens (including phenoxy) is 1. The summed E-state index contributed by atoms with van der Waals surface area (Å²) >= 11 is 0. The first kappa shape index (κ1) is 11.6. The molecule has 0 saturated carbocycles. The normalized spacial score (nSPS) is 10.5. The molecule has 1 aromatic carbocycles. The summed E-state index contributed by atoms with van der Waals surface area (Å²) < 4.78 is 29.8. The highest BCUT2D eigenvalue weighted by Crippen LogP contribution is 2.25. The van der Waals surface area contributed by atoms with Gasteiger partial charge in [-0.2, -0.15) is 0 Å². The minimum atomic E-state index is -2.59. The van der Waals surface area contributed by atoms with E-state index < -0.39 is 6.43 Å². The maximum Gasteiger partial charge on any atom is 0.264 e. The fourth-order valence-corrected chi connectivity index (χ4v) is 1.23. The molecular formula is C11H12F2O2. The second-order valence-electron chi connectivity index (χ2n) is 3.07. The van der Waals surface area contributed by atoms with Gasteiger partial charge in [-0.05, 0) is 18.2 Å². The van der Waals surface area contributed by atoms with Crippen LogP contribution in [0.15, 0.2) is 18.2 Å². The topological polar surface area (TPSA) is 26.3 Å². The zero-order valence-electron chi connectivity index (χ0n) is 8.59. The summed E-state index contributed by atoms with van der Waals surface area (Å²) in [7, 11) is 1.38. The van der Waals surface area contributed by atoms with Crippen molar-refractivity contribution in [1.29, 1.82) is 0 Å². The first-order valence-corrected chi connectivity index (χ1v) is 4.58. The van der Waals surface area contributed by atoms with Crippen LogP contribution in [-0.2, 0) is 0 Å². The molecule has 0 amide bonds. The van der Waals surface area contributed by atoms with Gasteiger partial charge in [0.15, 0.2) is 5.78 Å². The highest BCUT2D eigenvalue weighted by atomic mass is 19.3. The maximum absolute atomic E-state index is 12.5. The Morgan fingerprint density at radius 2 is 2.07 bits per heavy atom. The molecule has 0 aliphatic rings. The van der Waals surface area contributed by atoms with E-state index in [4.69, 9.17) is 4.74 Å². The molecule has 82 valence electrons. The van der Waals surface area contributed by atoms with Crippen molar-refractivity contribution in [2.24, 2.45) is 0 Å². The number of carbonyl (C=O) groups is 1. The number of methoxy groups -OCH3 is 1. The summed E-state index contributed by atoms with van der Waals surface area (Å²) in [5.74, 6) is 0.111. The summed E-state index contributed by atoms with van der Waals surface area (Å²) in [5, 5.41) is 0. The number of benzene rings is 1. The van der Waals surface area contributed by atoms with Gasteiger partial charge in [-0.3, -0.25) is 4.79 Å². The lowest BCUT2D eigenvalue weighted by atomic mass is 10.1. The van der Waals surface area contributed by atoms with E-state index in [1.807, 2.05) is 0 Å². The van der Waals surface area contributed by atoms with Gasteiger partial charge in [0.2, 0.25) is 0 Å². The summed E-state index contributed by atoms with van der Waals surface area (Å²) in [6, 6.07) is 3.91. The molecule has 1 rings (SSSR count). The quantitative estimate of drug-likeness (QED) is 0.719. The maximum atomic E-state index is 12.5. The molecule has 0 aromatic heterocycles. The lowest BCUT2D eigenvalue weighted by Crippen LogP contribution is -1.99. The number of alkyl halides is 2. The molecule has 1 aromatic rings. The van der Waals surface area contributed by atoms with Crippen molar-refractivity contribution >= 4 is 5.78 Å². The first-order chi connectivity index (χ1) is 7.08. The summed E-state index contributed by atoms with van der Waals surface area (Å²) in [4.78, 5) is 11.4. The molecule has 0 unspecified atom stereocenters. The standard InChI is InChI=1S/C11H12F2O2/c1-3-10(14)7-4-8(11(12)13)6-9(5-7)15-2/h4-6,11H,3H2,1-2H3. The van der Waals surface area contributed by atoms with E-state index in [0.29, 0.717) is 0 Å². The van der Waals surface area contributed by atoms with Crippen molar-refractivity contribution in [3.63, 3.8) is 0 Å². The van der Waals surface area contributed by atoms with E-state index in [0.717, 1.165) is 0 Å². The zero-order chi connectivity index (χ0) is 11.4. The number of hydrogen-bond acceptors (Lipinski definition) is 2. The van der Waals surface area contributed by atoms with Crippen molar-refractivity contribution in [3.05, 3.63) is 29.3 Å². The second kappa shape index (κ2) is 4.87. The summed E-state index contributed by atoms with van der Waals surface area (Å²) in [6.45, 7) is 1.68. The Kier molecular flexibility index (Phi) is 3.77. The van der Waals surface area contributed by atoms with Crippen molar-refractivity contribution in [2.75, 3.05) is 7.11 Å². The van der Waals surface area contributed by atoms with Crippen molar-refractivity contribution < 1.29 is 18.3 Å². The molecule has 0 atom stereocenters. The number of halogens is 2. The van der Waals surface area contributed by atoms with E-state index in [9.17, 15) is 13.6 Å². The van der Waals surface area contributed by atoms with Crippen LogP contribution in [0.1, 0.15) is 35.7 Å². The average molecular weight is 214 g/mol. The zero-order valence-corrected chi connectivity index (χ0v) is 8.59. The van der Waals surface area contributed by atoms with Crippen molar-refractivity contribution in [1.82, 2.24) is 0 Å². The van der Waals surface area contributed by atoms with E-state index in [1.165, 1.54) is 25.3 Å². The van der Waals surface area contributed by atoms with Gasteiger partial charge >= 0.3 is 0 Å². The molecule has 0 aliphatic carbocycles. The molecular weight excluding hydrogens is 202 g/mol. The molecule has 0 saturated heterocycles. The van der Waals surface area contributed by atoms with Gasteiger partial charge in [-0.1, -0.05) is 6.92 Å². The van der Waals surface area contributed by atoms with Crippen LogP contribution in [0, 0.1) is 0 Å². The van der Waals surface area contributed by atoms with Gasteiger partial charge in [0, 0.05) is 17.5 Å². The second-order valence-corrected chi connectivity index (χ2v) is 3.07. The van der Waals surface area contributed by atoms with Crippen LogP contribution in [0.5, 0.6) is 5.75 Å². The number of carbonyl (C=O) groups excluding carboxylic acids is 1. The van der Waals surface area contributed by atoms with E-state index in [1.54, 1.807) is 6.92 Å². The van der Waals surface area contributed by atoms with Crippen molar-refractivity contribution in [2.45, 2.75) is 19.8 Å². The Balaban J connectivity index is 3.17. The fraction of sp³-hybridized carbons (Fsp3) is 0.364. The van der Waals surface area contributed by atoms with E-state index in [2.05, 4.69) is 0 Å². The fourth-order valence-electron chi connectivity index (χ4n) is 1.23. The smallest absolute Gasteiger partial charge is 0.264 e. The molecule has 0 fully saturated rings. The Morgan fingerprint density at radius 3 is 2.53 bits per heavy atom. The molecule has 0 aliphatic heterocycles. The Hall–Kier alpha value is -1.45. The number of ketones is 1. The molecule has 0 spiro atoms. The number of hydrogen-bond donors (Lipinski definition) is 0. The predicted octanol–water partition coefficient (Wildman–Crippen LogP) is 3.23. The Morgan fingerprint density at radius 1 is 1.40 bits per heavy atom. The Labute approximate surface area is 86.9 Å². The van der Waals surface area contributed by atoms with Crippen LogP contribution < -0.4 is 4.74 Å². The van der Waals surface area contributed by atoms with Gasteiger partial charge in [0.25, 0.3) is 6.43 Å². The minimum absolute atomic E-state index is 0.171. The molecule has 0 bridgehead atoms. The first-order valence-electron chi connectivity index (χ1n) is 4.58. The third kappa shape index (κ3) is 2.75. The van der Waals surface area contributed by atoms with Crippen LogP contribution in [0.3, 0.4) is 0 Å². The molecule has 2 nitrogen and oxygen atoms in total. The summed E-state index contributed by atoms with van der Waals surface area (Å²) in [5.41, 5.74) is 0.0818. The summed E-state index contributed by atoms with van der Waals surface area (Å²) in [6.07, 6.45) is -2.31. The lowest BCUT2D eigenvalue weighted by molar-refractivity contribution is 0.0987. The lowest BCUT2D eigenvalue weighted by Gasteiger charge is -2.07. The van der Waals surface area contributed by atoms with Crippen LogP contribution >= 0.6 is 0 Å². The van der Waals surface area contributed by atoms with Crippen LogP contribution in [-0.4, -0.2) is 12.9 Å². The highest BCUT2D eigenvalue weighted by molar-refractivity contribution is 5.96. The third-order valence-corrected chi connectivity index (χ3v) is 2.06. The van der Waals surface area contributed by atoms with Gasteiger partial charge in [0.1, 0.15) is 5.75 Å². The van der Waals surface area contributed by atoms with E-state index >= 15 is 0 Å². The molecule has 0 radical (unpaired) electrons. The van der Waals surface area contributed by atoms with Crippen LogP contribution in [0.4, 0.5) is 8.78 Å². The third-order valence-electron chi connectivity index (χ3n) is 2.06. The number of Topliss-reactive ketones (excluding diaryl/α,β-unsaturated/α-hetero) is 1. The molecule has 0 N–H and O–H groups in total. The number of rotatable bonds is 4. The van der Waals surface area contributed by atoms with Crippen molar-refractivity contribution in [3.8, 4) is 5.75 Å². The van der Waals surface area contributed by atoms with Gasteiger partial charge < -0.3 is 4.74 Å². The molecule has 0 heterocycles. The van der Waals surface area contributed by atoms with E-state index in [-0.39, 0.29) is 29.1 Å². The monoisotopic (exact) mass is 214 g/mol. The predicted molar refractivity (Wildman–Crippen MR) is 52.6 cm³/mol. The molecule has 4 heteroatoms. The Bertz CT molecular complexity index is 362. The largest absolute Gasteiger partial charge is 0.497 e. The van der Waals surface area contributed by atoms with Gasteiger partial charge in [-0.15, -0.1) is 0 Å². The average Bonchev–Trinajstić information content (AvgIpc) is 2.27. The van der Waals surface area contributed by atoms with Crippen LogP contribution in [0.25, 0.3) is 0 Å². The van der Waals surface area contributed by atoms with Gasteiger partial charge in [0.05, 0.1) is 7.11 Å². The SMILES string of the molecule is CCC(=O)c1cc(OC)cc(C(F)F)c1. The van der Waals surface area contributed by atoms with Crippen LogP contribution in [0.2, 0.25) is 0 Å².